The van der Waals surface area contributed by atoms with Crippen LogP contribution in [0.4, 0.5) is 33.3 Å². The van der Waals surface area contributed by atoms with Crippen LogP contribution in [0.15, 0.2) is 258 Å². The van der Waals surface area contributed by atoms with Gasteiger partial charge >= 0.3 is 18.1 Å². The van der Waals surface area contributed by atoms with Gasteiger partial charge in [0.2, 0.25) is 15.9 Å². The van der Waals surface area contributed by atoms with Crippen molar-refractivity contribution in [1.82, 2.24) is 44.4 Å². The third-order valence-corrected chi connectivity index (χ3v) is 24.2. The number of nitrogens with one attached hydrogen (secondary N) is 8. The standard InChI is InChI=1S/C19H22N4O3S.C18H18N2O4.C16H13ClN2O2.C15H11F3N2O.C15H10FNO3.C14H8FNO3/c20-7-8-22-9-11-23(12-10-22)27(25,26)14-5-6-18-17(13-14)15-3-1-2-4-16(15)19(24)21-18;21-8-10-24-9-7-19-17(22)12-5-6-14-13-3-1-2-4-15(13)18(23)20-16(14)11-12;1-9-6-14-12(7-13(9)18-15(20)8-17)10-4-2-3-5-11(10)16(21)19-14;1-7-3-2-4-8-13(7)9-5-11(19)10(15(16,17)18)6-12(9)20-14(8)21;1-20-15(19)8-2-4-11-10-5-3-9(16)7-12(10)14(18)17-13(11)6-8;15-8-2-4-9-10-3-1-7(14(18)19)5-12(10)16-13(17)11(9)6-8/h1-6,13H,7-12,20H2,(H,21,24);1-6,11,21H,7-10H2,(H,19,22)(H,20,23);2-7H,8H2,1H3,(H,18,20)(H,19,21);2-6H,19H2,1H3,(H,20,21);2-7H,1H3,(H,17,18);1-6H,(H,16,17)(H,18,19). The first-order chi connectivity index (χ1) is 63.2. The van der Waals surface area contributed by atoms with E-state index in [9.17, 15) is 78.3 Å². The highest BCUT2D eigenvalue weighted by Crippen LogP contribution is 2.38. The molecule has 0 aliphatic carbocycles. The Bertz CT molecular complexity index is 8170. The number of rotatable bonds is 14. The predicted octanol–water partition coefficient (Wildman–Crippen LogP) is 14.2. The van der Waals surface area contributed by atoms with Crippen molar-refractivity contribution >= 4 is 187 Å². The van der Waals surface area contributed by atoms with E-state index >= 15 is 0 Å². The van der Waals surface area contributed by atoms with Gasteiger partial charge in [0.1, 0.15) is 17.5 Å². The summed E-state index contributed by atoms with van der Waals surface area (Å²) in [5, 5.41) is 34.6. The molecule has 1 aliphatic heterocycles. The molecular formula is C97H82ClF5N12O16S. The number of benzene rings is 12. The summed E-state index contributed by atoms with van der Waals surface area (Å²) < 4.78 is 103. The fourth-order valence-electron chi connectivity index (χ4n) is 15.7. The maximum Gasteiger partial charge on any atom is 0.418 e. The van der Waals surface area contributed by atoms with Gasteiger partial charge < -0.3 is 71.7 Å². The van der Waals surface area contributed by atoms with Crippen LogP contribution in [0.2, 0.25) is 0 Å². The number of alkyl halides is 4. The number of piperazine rings is 1. The summed E-state index contributed by atoms with van der Waals surface area (Å²) in [6.07, 6.45) is -4.56. The number of pyridine rings is 6. The van der Waals surface area contributed by atoms with Gasteiger partial charge in [0, 0.05) is 150 Å². The van der Waals surface area contributed by atoms with Crippen molar-refractivity contribution in [2.24, 2.45) is 5.73 Å². The highest BCUT2D eigenvalue weighted by Gasteiger charge is 2.34. The summed E-state index contributed by atoms with van der Waals surface area (Å²) in [5.74, 6) is -3.09. The molecule has 0 bridgehead atoms. The van der Waals surface area contributed by atoms with E-state index in [0.29, 0.717) is 133 Å². The Kier molecular flexibility index (Phi) is 28.1. The van der Waals surface area contributed by atoms with Crippen LogP contribution < -0.4 is 55.5 Å². The maximum atomic E-state index is 13.2. The number of ether oxygens (including phenoxy) is 2. The molecule has 0 unspecified atom stereocenters. The number of H-pyrrole nitrogens is 6. The van der Waals surface area contributed by atoms with Crippen LogP contribution in [0.3, 0.4) is 0 Å². The number of aromatic nitrogens is 6. The quantitative estimate of drug-likeness (QED) is 0.0120. The minimum Gasteiger partial charge on any atom is -0.478 e. The molecular weight excluding hydrogens is 1750 g/mol. The zero-order chi connectivity index (χ0) is 94.1. The number of nitrogens with two attached hydrogens (primary N) is 2. The molecule has 0 saturated carbocycles. The molecule has 35 heteroatoms. The Balaban J connectivity index is 0.000000128. The molecule has 12 aromatic carbocycles. The number of fused-ring (bicyclic) bond motifs is 18. The average Bonchev–Trinajstić information content (AvgIpc) is 0.763. The summed E-state index contributed by atoms with van der Waals surface area (Å²) in [6, 6.07) is 60.5. The minimum absolute atomic E-state index is 0.0417. The number of carbonyl (C=O) groups excluding carboxylic acids is 3. The van der Waals surface area contributed by atoms with Crippen molar-refractivity contribution in [3.63, 3.8) is 0 Å². The Morgan fingerprint density at radius 3 is 1.44 bits per heavy atom. The van der Waals surface area contributed by atoms with E-state index in [4.69, 9.17) is 38.0 Å². The number of nitrogens with zero attached hydrogens (tertiary/aromatic N) is 2. The predicted molar refractivity (Wildman–Crippen MR) is 503 cm³/mol. The van der Waals surface area contributed by atoms with Crippen LogP contribution >= 0.6 is 11.6 Å². The van der Waals surface area contributed by atoms with Crippen LogP contribution in [0.5, 0.6) is 0 Å². The zero-order valence-corrected chi connectivity index (χ0v) is 72.0. The number of aliphatic hydroxyl groups is 1. The number of aromatic amines is 6. The summed E-state index contributed by atoms with van der Waals surface area (Å²) in [7, 11) is -2.30. The number of aryl methyl sites for hydroxylation is 2. The molecule has 28 nitrogen and oxygen atoms in total. The number of carbonyl (C=O) groups is 4. The Hall–Kier alpha value is -15.2. The SMILES string of the molecule is COC(=O)c1ccc2c(c1)[nH]c(=O)c1cc(F)ccc12.Cc1cc2[nH]c(=O)c3ccccc3c2cc1NC(=O)CCl.Cc1cccc2c(=O)[nH]c3cc(C(F)(F)F)c(N)cc3c12.NCCN1CCN(S(=O)(=O)c2ccc3[nH]c(=O)c4ccccc4c3c2)CC1.O=C(NCCOCCO)c1ccc2c(c1)[nH]c(=O)c1ccccc12.O=C(O)c1ccc2c(c1)[nH]c(=O)c1cc(F)ccc12. The van der Waals surface area contributed by atoms with Crippen molar-refractivity contribution in [1.29, 1.82) is 0 Å². The lowest BCUT2D eigenvalue weighted by atomic mass is 9.99. The van der Waals surface area contributed by atoms with Gasteiger partial charge in [-0.15, -0.1) is 11.6 Å². The lowest BCUT2D eigenvalue weighted by Crippen LogP contribution is -2.49. The first-order valence-electron chi connectivity index (χ1n) is 40.9. The van der Waals surface area contributed by atoms with Gasteiger partial charge in [-0.25, -0.2) is 26.8 Å². The topological polar surface area (TPSA) is 441 Å². The van der Waals surface area contributed by atoms with E-state index in [0.717, 1.165) is 67.0 Å². The van der Waals surface area contributed by atoms with E-state index < -0.39 is 62.0 Å². The third kappa shape index (κ3) is 20.1. The number of halogens is 6. The highest BCUT2D eigenvalue weighted by atomic mass is 35.5. The van der Waals surface area contributed by atoms with Gasteiger partial charge in [0.15, 0.2) is 0 Å². The maximum absolute atomic E-state index is 13.2. The smallest absolute Gasteiger partial charge is 0.418 e. The molecule has 1 fully saturated rings. The lowest BCUT2D eigenvalue weighted by Gasteiger charge is -2.33. The van der Waals surface area contributed by atoms with Gasteiger partial charge in [-0.05, 0) is 185 Å². The molecule has 1 saturated heterocycles. The molecule has 0 atom stereocenters. The fourth-order valence-corrected chi connectivity index (χ4v) is 17.2. The van der Waals surface area contributed by atoms with Crippen molar-refractivity contribution in [3.05, 3.63) is 332 Å². The number of methoxy groups -OCH3 is 1. The van der Waals surface area contributed by atoms with Crippen LogP contribution in [0, 0.1) is 25.5 Å². The Morgan fingerprint density at radius 1 is 0.477 bits per heavy atom. The monoisotopic (exact) mass is 1830 g/mol. The first kappa shape index (κ1) is 93.0. The molecule has 674 valence electrons. The van der Waals surface area contributed by atoms with Gasteiger partial charge in [0.25, 0.3) is 39.3 Å². The summed E-state index contributed by atoms with van der Waals surface area (Å²) >= 11 is 5.53. The Morgan fingerprint density at radius 2 is 0.924 bits per heavy atom. The summed E-state index contributed by atoms with van der Waals surface area (Å²) in [4.78, 5) is 137. The molecule has 7 heterocycles. The van der Waals surface area contributed by atoms with E-state index in [1.54, 1.807) is 110 Å². The van der Waals surface area contributed by atoms with Crippen LogP contribution in [-0.2, 0) is 30.5 Å². The van der Waals surface area contributed by atoms with E-state index in [-0.39, 0.29) is 80.0 Å². The van der Waals surface area contributed by atoms with Crippen LogP contribution in [-0.4, -0.2) is 160 Å². The lowest BCUT2D eigenvalue weighted by molar-refractivity contribution is -0.136. The second-order valence-corrected chi connectivity index (χ2v) is 32.7. The Labute approximate surface area is 748 Å². The van der Waals surface area contributed by atoms with Gasteiger partial charge in [-0.1, -0.05) is 97.1 Å². The number of aliphatic hydroxyl groups excluding tert-OH is 1. The summed E-state index contributed by atoms with van der Waals surface area (Å²) in [6.45, 7) is 8.18. The highest BCUT2D eigenvalue weighted by molar-refractivity contribution is 7.89. The molecule has 132 heavy (non-hydrogen) atoms. The van der Waals surface area contributed by atoms with Crippen LogP contribution in [0.25, 0.3) is 130 Å². The fraction of sp³-hybridized carbons (Fsp3) is 0.155. The minimum atomic E-state index is -4.56. The molecule has 6 aromatic heterocycles. The van der Waals surface area contributed by atoms with E-state index in [1.165, 1.54) is 59.9 Å². The number of esters is 1. The zero-order valence-electron chi connectivity index (χ0n) is 70.5. The third-order valence-electron chi connectivity index (χ3n) is 22.1. The van der Waals surface area contributed by atoms with Crippen molar-refractivity contribution in [3.8, 4) is 0 Å². The van der Waals surface area contributed by atoms with Gasteiger partial charge in [0.05, 0.1) is 59.3 Å². The van der Waals surface area contributed by atoms with Crippen LogP contribution in [0.1, 0.15) is 47.8 Å². The van der Waals surface area contributed by atoms with Gasteiger partial charge in [-0.3, -0.25) is 43.3 Å². The van der Waals surface area contributed by atoms with Crippen molar-refractivity contribution < 1.29 is 69.2 Å². The number of anilines is 2. The second-order valence-electron chi connectivity index (χ2n) is 30.5. The average molecular weight is 1830 g/mol. The molecule has 18 aromatic rings. The molecule has 2 amide bonds. The molecule has 1 aliphatic rings. The molecule has 0 radical (unpaired) electrons. The molecule has 14 N–H and O–H groups in total. The molecule has 19 rings (SSSR count). The number of sulfonamides is 1. The first-order valence-corrected chi connectivity index (χ1v) is 42.9. The molecule has 0 spiro atoms. The number of carboxylic acids is 1. The van der Waals surface area contributed by atoms with E-state index in [2.05, 4.69) is 50.2 Å². The van der Waals surface area contributed by atoms with E-state index in [1.807, 2.05) is 73.7 Å². The normalized spacial score (nSPS) is 12.4. The van der Waals surface area contributed by atoms with Crippen molar-refractivity contribution in [2.75, 3.05) is 89.7 Å². The summed E-state index contributed by atoms with van der Waals surface area (Å²) in [5.41, 5.74) is 14.4. The number of hydrogen-bond acceptors (Lipinski definition) is 18. The van der Waals surface area contributed by atoms with Crippen molar-refractivity contribution in [2.45, 2.75) is 24.9 Å². The number of aromatic carboxylic acids is 1. The number of carboxylic acid groups (broad SMARTS) is 1. The number of nitrogen functional groups attached to an aromatic ring is 1. The number of amides is 2. The second kappa shape index (κ2) is 39.8. The van der Waals surface area contributed by atoms with Gasteiger partial charge in [-0.2, -0.15) is 17.5 Å². The number of hydrogen-bond donors (Lipinski definition) is 12. The largest absolute Gasteiger partial charge is 0.478 e.